The van der Waals surface area contributed by atoms with Gasteiger partial charge in [0.1, 0.15) is 0 Å². The molecule has 0 spiro atoms. The third kappa shape index (κ3) is 5.59. The van der Waals surface area contributed by atoms with Gasteiger partial charge < -0.3 is 11.1 Å². The molecule has 17 heavy (non-hydrogen) atoms. The summed E-state index contributed by atoms with van der Waals surface area (Å²) in [5.41, 5.74) is 8.17. The summed E-state index contributed by atoms with van der Waals surface area (Å²) in [7, 11) is 0. The molecule has 96 valence electrons. The lowest BCUT2D eigenvalue weighted by atomic mass is 9.92. The predicted octanol–water partition coefficient (Wildman–Crippen LogP) is 3.37. The van der Waals surface area contributed by atoms with Crippen molar-refractivity contribution >= 4 is 29.7 Å². The zero-order chi connectivity index (χ0) is 12.3. The standard InChI is InChI=1S/C13H20N2O.ClH/c1-9-5-6-10(14)7-11(9)15-12(16)8-13(2,3)4;/h5-7H,8,14H2,1-4H3,(H,15,16);1H. The minimum absolute atomic E-state index is 0. The maximum absolute atomic E-state index is 11.7. The summed E-state index contributed by atoms with van der Waals surface area (Å²) in [6, 6.07) is 5.52. The van der Waals surface area contributed by atoms with Crippen molar-refractivity contribution in [2.45, 2.75) is 34.1 Å². The van der Waals surface area contributed by atoms with Crippen LogP contribution in [0.3, 0.4) is 0 Å². The highest BCUT2D eigenvalue weighted by atomic mass is 35.5. The molecule has 0 bridgehead atoms. The molecule has 0 aliphatic carbocycles. The van der Waals surface area contributed by atoms with Gasteiger partial charge in [-0.3, -0.25) is 4.79 Å². The average molecular weight is 257 g/mol. The number of hydrogen-bond donors (Lipinski definition) is 2. The first-order chi connectivity index (χ1) is 7.28. The lowest BCUT2D eigenvalue weighted by molar-refractivity contribution is -0.117. The molecule has 1 aromatic rings. The molecule has 0 aromatic heterocycles. The molecule has 0 atom stereocenters. The van der Waals surface area contributed by atoms with E-state index in [2.05, 4.69) is 5.32 Å². The summed E-state index contributed by atoms with van der Waals surface area (Å²) in [6.45, 7) is 8.07. The molecule has 4 heteroatoms. The van der Waals surface area contributed by atoms with Crippen molar-refractivity contribution in [2.24, 2.45) is 5.41 Å². The molecule has 1 amide bonds. The van der Waals surface area contributed by atoms with Crippen molar-refractivity contribution in [1.82, 2.24) is 0 Å². The maximum atomic E-state index is 11.7. The van der Waals surface area contributed by atoms with Gasteiger partial charge >= 0.3 is 0 Å². The number of aryl methyl sites for hydroxylation is 1. The third-order valence-electron chi connectivity index (χ3n) is 2.23. The fourth-order valence-electron chi connectivity index (χ4n) is 1.45. The summed E-state index contributed by atoms with van der Waals surface area (Å²) >= 11 is 0. The first-order valence-corrected chi connectivity index (χ1v) is 5.44. The molecule has 1 aromatic carbocycles. The molecule has 0 aliphatic heterocycles. The topological polar surface area (TPSA) is 55.1 Å². The first-order valence-electron chi connectivity index (χ1n) is 5.44. The summed E-state index contributed by atoms with van der Waals surface area (Å²) in [5, 5.41) is 2.89. The van der Waals surface area contributed by atoms with Crippen molar-refractivity contribution in [2.75, 3.05) is 11.1 Å². The van der Waals surface area contributed by atoms with Gasteiger partial charge in [-0.2, -0.15) is 0 Å². The number of hydrogen-bond acceptors (Lipinski definition) is 2. The van der Waals surface area contributed by atoms with E-state index >= 15 is 0 Å². The van der Waals surface area contributed by atoms with Crippen LogP contribution in [-0.2, 0) is 4.79 Å². The van der Waals surface area contributed by atoms with Gasteiger partial charge in [0, 0.05) is 17.8 Å². The van der Waals surface area contributed by atoms with E-state index in [-0.39, 0.29) is 23.7 Å². The molecular weight excluding hydrogens is 236 g/mol. The van der Waals surface area contributed by atoms with E-state index in [1.165, 1.54) is 0 Å². The minimum Gasteiger partial charge on any atom is -0.399 e. The Kier molecular flexibility index (Phi) is 5.49. The molecule has 0 radical (unpaired) electrons. The lowest BCUT2D eigenvalue weighted by Gasteiger charge is -2.18. The summed E-state index contributed by atoms with van der Waals surface area (Å²) in [6.07, 6.45) is 0.501. The van der Waals surface area contributed by atoms with Gasteiger partial charge in [-0.15, -0.1) is 12.4 Å². The van der Waals surface area contributed by atoms with Crippen LogP contribution < -0.4 is 11.1 Å². The van der Waals surface area contributed by atoms with Crippen LogP contribution in [0.5, 0.6) is 0 Å². The molecular formula is C13H21ClN2O. The summed E-state index contributed by atoms with van der Waals surface area (Å²) in [5.74, 6) is 0.0289. The lowest BCUT2D eigenvalue weighted by Crippen LogP contribution is -2.20. The summed E-state index contributed by atoms with van der Waals surface area (Å²) in [4.78, 5) is 11.7. The normalized spacial score (nSPS) is 10.6. The highest BCUT2D eigenvalue weighted by Gasteiger charge is 2.16. The predicted molar refractivity (Wildman–Crippen MR) is 75.5 cm³/mol. The Bertz CT molecular complexity index is 397. The Hall–Kier alpha value is -1.22. The van der Waals surface area contributed by atoms with Gasteiger partial charge in [-0.1, -0.05) is 26.8 Å². The van der Waals surface area contributed by atoms with E-state index in [9.17, 15) is 4.79 Å². The van der Waals surface area contributed by atoms with Crippen molar-refractivity contribution in [3.8, 4) is 0 Å². The number of carbonyl (C=O) groups excluding carboxylic acids is 1. The van der Waals surface area contributed by atoms with Crippen LogP contribution in [0.25, 0.3) is 0 Å². The van der Waals surface area contributed by atoms with E-state index in [0.29, 0.717) is 12.1 Å². The number of nitrogens with two attached hydrogens (primary N) is 1. The number of anilines is 2. The van der Waals surface area contributed by atoms with E-state index in [1.807, 2.05) is 39.8 Å². The SMILES string of the molecule is Cc1ccc(N)cc1NC(=O)CC(C)(C)C.Cl. The highest BCUT2D eigenvalue weighted by Crippen LogP contribution is 2.22. The fourth-order valence-corrected chi connectivity index (χ4v) is 1.45. The molecule has 0 unspecified atom stereocenters. The number of nitrogen functional groups attached to an aromatic ring is 1. The van der Waals surface area contributed by atoms with Gasteiger partial charge in [0.2, 0.25) is 5.91 Å². The van der Waals surface area contributed by atoms with Crippen LogP contribution in [0.4, 0.5) is 11.4 Å². The van der Waals surface area contributed by atoms with Gasteiger partial charge in [0.05, 0.1) is 0 Å². The monoisotopic (exact) mass is 256 g/mol. The second-order valence-corrected chi connectivity index (χ2v) is 5.36. The van der Waals surface area contributed by atoms with Crippen LogP contribution in [0.15, 0.2) is 18.2 Å². The van der Waals surface area contributed by atoms with Crippen molar-refractivity contribution in [3.05, 3.63) is 23.8 Å². The maximum Gasteiger partial charge on any atom is 0.224 e. The second kappa shape index (κ2) is 5.92. The molecule has 0 aliphatic rings. The van der Waals surface area contributed by atoms with Gasteiger partial charge in [0.25, 0.3) is 0 Å². The molecule has 0 saturated heterocycles. The van der Waals surface area contributed by atoms with Crippen LogP contribution >= 0.6 is 12.4 Å². The first kappa shape index (κ1) is 15.8. The third-order valence-corrected chi connectivity index (χ3v) is 2.23. The van der Waals surface area contributed by atoms with Crippen molar-refractivity contribution < 1.29 is 4.79 Å². The number of amides is 1. The van der Waals surface area contributed by atoms with Gasteiger partial charge in [0.15, 0.2) is 0 Å². The Balaban J connectivity index is 0.00000256. The van der Waals surface area contributed by atoms with Gasteiger partial charge in [-0.25, -0.2) is 0 Å². The number of halogens is 1. The largest absolute Gasteiger partial charge is 0.399 e. The summed E-state index contributed by atoms with van der Waals surface area (Å²) < 4.78 is 0. The van der Waals surface area contributed by atoms with Crippen molar-refractivity contribution in [3.63, 3.8) is 0 Å². The molecule has 0 heterocycles. The van der Waals surface area contributed by atoms with E-state index in [0.717, 1.165) is 11.3 Å². The van der Waals surface area contributed by atoms with E-state index in [1.54, 1.807) is 6.07 Å². The molecule has 3 nitrogen and oxygen atoms in total. The fraction of sp³-hybridized carbons (Fsp3) is 0.462. The zero-order valence-electron chi connectivity index (χ0n) is 10.8. The molecule has 0 saturated carbocycles. The van der Waals surface area contributed by atoms with Crippen LogP contribution in [0, 0.1) is 12.3 Å². The van der Waals surface area contributed by atoms with E-state index in [4.69, 9.17) is 5.73 Å². The van der Waals surface area contributed by atoms with Gasteiger partial charge in [-0.05, 0) is 30.0 Å². The molecule has 3 N–H and O–H groups in total. The molecule has 1 rings (SSSR count). The highest BCUT2D eigenvalue weighted by molar-refractivity contribution is 5.92. The Morgan fingerprint density at radius 1 is 1.35 bits per heavy atom. The average Bonchev–Trinajstić information content (AvgIpc) is 2.08. The second-order valence-electron chi connectivity index (χ2n) is 5.36. The number of nitrogens with one attached hydrogen (secondary N) is 1. The zero-order valence-corrected chi connectivity index (χ0v) is 11.6. The van der Waals surface area contributed by atoms with Crippen LogP contribution in [-0.4, -0.2) is 5.91 Å². The Labute approximate surface area is 109 Å². The van der Waals surface area contributed by atoms with E-state index < -0.39 is 0 Å². The minimum atomic E-state index is -0.00167. The Morgan fingerprint density at radius 2 is 1.94 bits per heavy atom. The smallest absolute Gasteiger partial charge is 0.224 e. The van der Waals surface area contributed by atoms with Crippen LogP contribution in [0.1, 0.15) is 32.8 Å². The molecule has 0 fully saturated rings. The number of rotatable bonds is 2. The quantitative estimate of drug-likeness (QED) is 0.797. The number of benzene rings is 1. The Morgan fingerprint density at radius 3 is 2.47 bits per heavy atom. The van der Waals surface area contributed by atoms with Crippen molar-refractivity contribution in [1.29, 1.82) is 0 Å². The number of carbonyl (C=O) groups is 1. The van der Waals surface area contributed by atoms with Crippen LogP contribution in [0.2, 0.25) is 0 Å².